The van der Waals surface area contributed by atoms with Crippen molar-refractivity contribution in [2.24, 2.45) is 5.92 Å². The first-order chi connectivity index (χ1) is 9.13. The largest absolute Gasteiger partial charge is 0.466 e. The Kier molecular flexibility index (Phi) is 5.22. The Bertz CT molecular complexity index is 464. The summed E-state index contributed by atoms with van der Waals surface area (Å²) < 4.78 is 5.45. The summed E-state index contributed by atoms with van der Waals surface area (Å²) in [7, 11) is 0. The fourth-order valence-corrected chi connectivity index (χ4v) is 1.87. The van der Waals surface area contributed by atoms with E-state index in [4.69, 9.17) is 4.42 Å². The van der Waals surface area contributed by atoms with Crippen LogP contribution in [0, 0.1) is 19.8 Å². The number of carbonyl (C=O) groups excluding carboxylic acids is 1. The van der Waals surface area contributed by atoms with Crippen molar-refractivity contribution in [1.29, 1.82) is 0 Å². The highest BCUT2D eigenvalue weighted by Gasteiger charge is 2.25. The van der Waals surface area contributed by atoms with E-state index in [1.165, 1.54) is 0 Å². The van der Waals surface area contributed by atoms with Gasteiger partial charge in [-0.25, -0.2) is 4.79 Å². The molecule has 2 atom stereocenters. The molecule has 1 rings (SSSR count). The van der Waals surface area contributed by atoms with Gasteiger partial charge in [0.15, 0.2) is 0 Å². The highest BCUT2D eigenvalue weighted by atomic mass is 16.3. The van der Waals surface area contributed by atoms with Crippen LogP contribution < -0.4 is 10.6 Å². The van der Waals surface area contributed by atoms with E-state index in [0.29, 0.717) is 0 Å². The molecule has 0 saturated heterocycles. The van der Waals surface area contributed by atoms with Crippen LogP contribution in [0.5, 0.6) is 0 Å². The number of furan rings is 1. The van der Waals surface area contributed by atoms with Crippen LogP contribution in [0.25, 0.3) is 0 Å². The summed E-state index contributed by atoms with van der Waals surface area (Å²) in [6, 6.07) is 1.48. The van der Waals surface area contributed by atoms with E-state index in [-0.39, 0.29) is 24.5 Å². The minimum Gasteiger partial charge on any atom is -0.466 e. The highest BCUT2D eigenvalue weighted by molar-refractivity contribution is 5.74. The van der Waals surface area contributed by atoms with Gasteiger partial charge in [-0.2, -0.15) is 0 Å². The van der Waals surface area contributed by atoms with E-state index in [1.54, 1.807) is 6.92 Å². The van der Waals surface area contributed by atoms with Gasteiger partial charge < -0.3 is 20.2 Å². The molecular weight excluding hydrogens is 256 g/mol. The van der Waals surface area contributed by atoms with Crippen LogP contribution in [-0.4, -0.2) is 23.3 Å². The molecule has 0 aliphatic heterocycles. The molecule has 0 bridgehead atoms. The molecule has 1 aromatic heterocycles. The third kappa shape index (κ3) is 4.27. The first-order valence-electron chi connectivity index (χ1n) is 6.97. The van der Waals surface area contributed by atoms with Gasteiger partial charge in [-0.1, -0.05) is 13.8 Å². The molecule has 5 nitrogen and oxygen atoms in total. The monoisotopic (exact) mass is 282 g/mol. The zero-order chi connectivity index (χ0) is 15.5. The highest BCUT2D eigenvalue weighted by Crippen LogP contribution is 2.21. The Morgan fingerprint density at radius 3 is 2.45 bits per heavy atom. The maximum Gasteiger partial charge on any atom is 0.315 e. The smallest absolute Gasteiger partial charge is 0.315 e. The van der Waals surface area contributed by atoms with Gasteiger partial charge in [-0.05, 0) is 39.7 Å². The number of aliphatic hydroxyl groups is 1. The number of nitrogens with one attached hydrogen (secondary N) is 2. The Balaban J connectivity index is 2.53. The second kappa shape index (κ2) is 6.31. The Morgan fingerprint density at radius 2 is 2.00 bits per heavy atom. The molecule has 3 N–H and O–H groups in total. The van der Waals surface area contributed by atoms with Gasteiger partial charge in [-0.3, -0.25) is 0 Å². The van der Waals surface area contributed by atoms with Gasteiger partial charge >= 0.3 is 6.03 Å². The molecule has 0 spiro atoms. The summed E-state index contributed by atoms with van der Waals surface area (Å²) in [5, 5.41) is 15.6. The number of amides is 2. The quantitative estimate of drug-likeness (QED) is 0.777. The lowest BCUT2D eigenvalue weighted by Crippen LogP contribution is -2.47. The third-order valence-corrected chi connectivity index (χ3v) is 3.74. The van der Waals surface area contributed by atoms with Gasteiger partial charge in [-0.15, -0.1) is 0 Å². The lowest BCUT2D eigenvalue weighted by Gasteiger charge is -2.28. The summed E-state index contributed by atoms with van der Waals surface area (Å²) in [5.41, 5.74) is 0.0520. The Labute approximate surface area is 120 Å². The van der Waals surface area contributed by atoms with E-state index >= 15 is 0 Å². The molecule has 0 aliphatic rings. The minimum absolute atomic E-state index is 0.0685. The van der Waals surface area contributed by atoms with E-state index < -0.39 is 5.60 Å². The molecule has 114 valence electrons. The lowest BCUT2D eigenvalue weighted by atomic mass is 9.93. The molecule has 1 heterocycles. The van der Waals surface area contributed by atoms with Gasteiger partial charge in [0.2, 0.25) is 0 Å². The fraction of sp³-hybridized carbons (Fsp3) is 0.667. The van der Waals surface area contributed by atoms with Crippen molar-refractivity contribution >= 4 is 6.03 Å². The molecule has 1 aromatic rings. The van der Waals surface area contributed by atoms with Crippen LogP contribution in [0.1, 0.15) is 50.8 Å². The third-order valence-electron chi connectivity index (χ3n) is 3.74. The molecule has 0 saturated carbocycles. The van der Waals surface area contributed by atoms with Crippen molar-refractivity contribution in [2.75, 3.05) is 6.54 Å². The van der Waals surface area contributed by atoms with E-state index in [0.717, 1.165) is 17.1 Å². The summed E-state index contributed by atoms with van der Waals surface area (Å²) in [5.74, 6) is 1.71. The fourth-order valence-electron chi connectivity index (χ4n) is 1.87. The zero-order valence-corrected chi connectivity index (χ0v) is 13.2. The Hall–Kier alpha value is -1.49. The summed E-state index contributed by atoms with van der Waals surface area (Å²) in [6.45, 7) is 11.4. The van der Waals surface area contributed by atoms with Crippen molar-refractivity contribution in [1.82, 2.24) is 10.6 Å². The van der Waals surface area contributed by atoms with E-state index in [9.17, 15) is 9.90 Å². The maximum absolute atomic E-state index is 11.9. The first-order valence-corrected chi connectivity index (χ1v) is 6.97. The molecule has 20 heavy (non-hydrogen) atoms. The topological polar surface area (TPSA) is 74.5 Å². The molecule has 0 radical (unpaired) electrons. The van der Waals surface area contributed by atoms with E-state index in [1.807, 2.05) is 40.7 Å². The van der Waals surface area contributed by atoms with Crippen LogP contribution in [0.4, 0.5) is 4.79 Å². The number of rotatable bonds is 5. The van der Waals surface area contributed by atoms with Crippen LogP contribution in [0.15, 0.2) is 10.5 Å². The molecule has 0 aromatic carbocycles. The average molecular weight is 282 g/mol. The first kappa shape index (κ1) is 16.6. The van der Waals surface area contributed by atoms with Gasteiger partial charge in [0.1, 0.15) is 11.5 Å². The predicted molar refractivity (Wildman–Crippen MR) is 78.6 cm³/mol. The number of aryl methyl sites for hydroxylation is 2. The van der Waals surface area contributed by atoms with Crippen molar-refractivity contribution in [2.45, 2.75) is 53.2 Å². The van der Waals surface area contributed by atoms with Crippen molar-refractivity contribution in [3.05, 3.63) is 23.2 Å². The van der Waals surface area contributed by atoms with Crippen LogP contribution in [-0.2, 0) is 0 Å². The summed E-state index contributed by atoms with van der Waals surface area (Å²) in [6.07, 6.45) is 0. The summed E-state index contributed by atoms with van der Waals surface area (Å²) >= 11 is 0. The van der Waals surface area contributed by atoms with Crippen molar-refractivity contribution in [3.63, 3.8) is 0 Å². The molecule has 5 heteroatoms. The van der Waals surface area contributed by atoms with Gasteiger partial charge in [0.25, 0.3) is 0 Å². The van der Waals surface area contributed by atoms with Gasteiger partial charge in [0, 0.05) is 12.1 Å². The normalized spacial score (nSPS) is 15.8. The summed E-state index contributed by atoms with van der Waals surface area (Å²) in [4.78, 5) is 11.9. The second-order valence-corrected chi connectivity index (χ2v) is 5.93. The zero-order valence-electron chi connectivity index (χ0n) is 13.2. The number of carbonyl (C=O) groups is 1. The van der Waals surface area contributed by atoms with Crippen LogP contribution in [0.2, 0.25) is 0 Å². The SMILES string of the molecule is Cc1cc(C(C)NC(=O)NCC(C)(O)C(C)C)c(C)o1. The molecule has 0 fully saturated rings. The predicted octanol–water partition coefficient (Wildman–Crippen LogP) is 2.66. The average Bonchev–Trinajstić information content (AvgIpc) is 2.66. The molecular formula is C15H26N2O3. The van der Waals surface area contributed by atoms with Crippen LogP contribution in [0.3, 0.4) is 0 Å². The molecule has 0 aliphatic carbocycles. The maximum atomic E-state index is 11.9. The standard InChI is InChI=1S/C15H26N2O3/c1-9(2)15(6,19)8-16-14(18)17-11(4)13-7-10(3)20-12(13)5/h7,9,11,19H,8H2,1-6H3,(H2,16,17,18). The van der Waals surface area contributed by atoms with E-state index in [2.05, 4.69) is 10.6 Å². The second-order valence-electron chi connectivity index (χ2n) is 5.93. The Morgan fingerprint density at radius 1 is 1.40 bits per heavy atom. The van der Waals surface area contributed by atoms with Gasteiger partial charge in [0.05, 0.1) is 11.6 Å². The van der Waals surface area contributed by atoms with Crippen molar-refractivity contribution in [3.8, 4) is 0 Å². The number of hydrogen-bond acceptors (Lipinski definition) is 3. The van der Waals surface area contributed by atoms with Crippen LogP contribution >= 0.6 is 0 Å². The molecule has 2 amide bonds. The lowest BCUT2D eigenvalue weighted by molar-refractivity contribution is 0.0165. The van der Waals surface area contributed by atoms with Crippen molar-refractivity contribution < 1.29 is 14.3 Å². The number of hydrogen-bond donors (Lipinski definition) is 3. The minimum atomic E-state index is -0.914. The number of urea groups is 1. The molecule has 2 unspecified atom stereocenters.